The van der Waals surface area contributed by atoms with Gasteiger partial charge in [-0.2, -0.15) is 0 Å². The van der Waals surface area contributed by atoms with E-state index in [0.29, 0.717) is 5.02 Å². The number of rotatable bonds is 1. The second-order valence-corrected chi connectivity index (χ2v) is 2.56. The lowest BCUT2D eigenvalue weighted by atomic mass is 10.1. The molecule has 11 heavy (non-hydrogen) atoms. The lowest BCUT2D eigenvalue weighted by Crippen LogP contribution is -1.77. The monoisotopic (exact) mass is 162 g/mol. The summed E-state index contributed by atoms with van der Waals surface area (Å²) >= 11 is 5.76. The van der Waals surface area contributed by atoms with Crippen LogP contribution in [0.4, 0.5) is 0 Å². The maximum Gasteiger partial charge on any atom is 0.0424 e. The average molecular weight is 163 g/mol. The summed E-state index contributed by atoms with van der Waals surface area (Å²) in [6.07, 6.45) is 6.91. The number of hydrogen-bond donors (Lipinski definition) is 0. The van der Waals surface area contributed by atoms with E-state index in [2.05, 4.69) is 12.5 Å². The van der Waals surface area contributed by atoms with Crippen LogP contribution in [-0.2, 0) is 0 Å². The fourth-order valence-electron chi connectivity index (χ4n) is 0.814. The molecule has 0 aliphatic rings. The Kier molecular flexibility index (Phi) is 2.36. The summed E-state index contributed by atoms with van der Waals surface area (Å²) in [5.74, 6) is 2.51. The molecule has 0 spiro atoms. The molecular weight excluding hydrogens is 156 g/mol. The predicted octanol–water partition coefficient (Wildman–Crippen LogP) is 2.96. The largest absolute Gasteiger partial charge is 0.115 e. The standard InChI is InChI=1S/C10H7Cl/c1-3-8-5-9(4-2)7-10(11)6-8/h1,4-7H,2H2. The van der Waals surface area contributed by atoms with Crippen molar-refractivity contribution in [3.05, 3.63) is 40.9 Å². The molecule has 0 saturated carbocycles. The highest BCUT2D eigenvalue weighted by Crippen LogP contribution is 2.14. The van der Waals surface area contributed by atoms with Gasteiger partial charge in [-0.3, -0.25) is 0 Å². The van der Waals surface area contributed by atoms with Crippen molar-refractivity contribution >= 4 is 17.7 Å². The quantitative estimate of drug-likeness (QED) is 0.557. The molecule has 1 aromatic carbocycles. The number of halogens is 1. The van der Waals surface area contributed by atoms with Crippen LogP contribution in [0.3, 0.4) is 0 Å². The van der Waals surface area contributed by atoms with Gasteiger partial charge in [-0.05, 0) is 23.8 Å². The van der Waals surface area contributed by atoms with E-state index in [4.69, 9.17) is 18.0 Å². The normalized spacial score (nSPS) is 8.73. The minimum absolute atomic E-state index is 0.648. The molecule has 0 N–H and O–H groups in total. The van der Waals surface area contributed by atoms with E-state index in [1.165, 1.54) is 0 Å². The molecule has 0 aromatic heterocycles. The predicted molar refractivity (Wildman–Crippen MR) is 49.5 cm³/mol. The van der Waals surface area contributed by atoms with Crippen molar-refractivity contribution < 1.29 is 0 Å². The van der Waals surface area contributed by atoms with Crippen LogP contribution in [0.15, 0.2) is 24.8 Å². The first-order valence-corrected chi connectivity index (χ1v) is 3.53. The van der Waals surface area contributed by atoms with E-state index < -0.39 is 0 Å². The van der Waals surface area contributed by atoms with Gasteiger partial charge in [0.2, 0.25) is 0 Å². The zero-order chi connectivity index (χ0) is 8.27. The van der Waals surface area contributed by atoms with Crippen molar-refractivity contribution in [2.75, 3.05) is 0 Å². The molecule has 0 amide bonds. The van der Waals surface area contributed by atoms with E-state index in [0.717, 1.165) is 11.1 Å². The third kappa shape index (κ3) is 1.86. The number of terminal acetylenes is 1. The molecule has 1 aromatic rings. The van der Waals surface area contributed by atoms with E-state index >= 15 is 0 Å². The maximum atomic E-state index is 5.76. The van der Waals surface area contributed by atoms with Crippen LogP contribution < -0.4 is 0 Å². The summed E-state index contributed by atoms with van der Waals surface area (Å²) in [4.78, 5) is 0. The Bertz CT molecular complexity index is 318. The Labute approximate surface area is 71.5 Å². The Hall–Kier alpha value is -1.19. The molecule has 1 heteroatoms. The van der Waals surface area contributed by atoms with E-state index in [1.54, 1.807) is 12.1 Å². The lowest BCUT2D eigenvalue weighted by molar-refractivity contribution is 1.61. The Morgan fingerprint density at radius 3 is 2.73 bits per heavy atom. The molecular formula is C10H7Cl. The van der Waals surface area contributed by atoms with E-state index in [9.17, 15) is 0 Å². The maximum absolute atomic E-state index is 5.76. The highest BCUT2D eigenvalue weighted by atomic mass is 35.5. The molecule has 0 saturated heterocycles. The van der Waals surface area contributed by atoms with Gasteiger partial charge in [-0.15, -0.1) is 6.42 Å². The fourth-order valence-corrected chi connectivity index (χ4v) is 1.06. The second-order valence-electron chi connectivity index (χ2n) is 2.12. The van der Waals surface area contributed by atoms with Crippen LogP contribution in [0.1, 0.15) is 11.1 Å². The molecule has 0 fully saturated rings. The molecule has 0 bridgehead atoms. The highest BCUT2D eigenvalue weighted by Gasteiger charge is 1.93. The van der Waals surface area contributed by atoms with Gasteiger partial charge >= 0.3 is 0 Å². The van der Waals surface area contributed by atoms with Crippen molar-refractivity contribution in [3.8, 4) is 12.3 Å². The molecule has 0 radical (unpaired) electrons. The van der Waals surface area contributed by atoms with Crippen LogP contribution in [0.5, 0.6) is 0 Å². The number of benzene rings is 1. The fraction of sp³-hybridized carbons (Fsp3) is 0. The number of hydrogen-bond acceptors (Lipinski definition) is 0. The first kappa shape index (κ1) is 7.91. The zero-order valence-corrected chi connectivity index (χ0v) is 6.73. The highest BCUT2D eigenvalue weighted by molar-refractivity contribution is 6.30. The second kappa shape index (κ2) is 3.27. The molecule has 0 unspecified atom stereocenters. The van der Waals surface area contributed by atoms with Gasteiger partial charge in [0.15, 0.2) is 0 Å². The van der Waals surface area contributed by atoms with Gasteiger partial charge in [0.1, 0.15) is 0 Å². The summed E-state index contributed by atoms with van der Waals surface area (Å²) < 4.78 is 0. The van der Waals surface area contributed by atoms with Crippen LogP contribution in [0.25, 0.3) is 6.08 Å². The van der Waals surface area contributed by atoms with Crippen LogP contribution in [-0.4, -0.2) is 0 Å². The van der Waals surface area contributed by atoms with Crippen LogP contribution >= 0.6 is 11.6 Å². The topological polar surface area (TPSA) is 0 Å². The molecule has 0 atom stereocenters. The van der Waals surface area contributed by atoms with Crippen molar-refractivity contribution in [2.45, 2.75) is 0 Å². The Morgan fingerprint density at radius 2 is 2.18 bits per heavy atom. The summed E-state index contributed by atoms with van der Waals surface area (Å²) in [6, 6.07) is 5.42. The zero-order valence-electron chi connectivity index (χ0n) is 5.97. The summed E-state index contributed by atoms with van der Waals surface area (Å²) in [5, 5.41) is 0.648. The smallest absolute Gasteiger partial charge is 0.0424 e. The third-order valence-electron chi connectivity index (χ3n) is 1.32. The average Bonchev–Trinajstić information content (AvgIpc) is 2.03. The molecule has 0 heterocycles. The Morgan fingerprint density at radius 1 is 1.45 bits per heavy atom. The first-order chi connectivity index (χ1) is 5.26. The van der Waals surface area contributed by atoms with Gasteiger partial charge < -0.3 is 0 Å². The molecule has 0 aliphatic heterocycles. The van der Waals surface area contributed by atoms with Crippen LogP contribution in [0.2, 0.25) is 5.02 Å². The summed E-state index contributed by atoms with van der Waals surface area (Å²) in [7, 11) is 0. The summed E-state index contributed by atoms with van der Waals surface area (Å²) in [6.45, 7) is 3.62. The molecule has 1 rings (SSSR count). The molecule has 54 valence electrons. The third-order valence-corrected chi connectivity index (χ3v) is 1.54. The van der Waals surface area contributed by atoms with Gasteiger partial charge in [0.25, 0.3) is 0 Å². The first-order valence-electron chi connectivity index (χ1n) is 3.16. The van der Waals surface area contributed by atoms with Crippen molar-refractivity contribution in [1.29, 1.82) is 0 Å². The van der Waals surface area contributed by atoms with Crippen molar-refractivity contribution in [3.63, 3.8) is 0 Å². The van der Waals surface area contributed by atoms with Gasteiger partial charge in [-0.1, -0.05) is 30.2 Å². The van der Waals surface area contributed by atoms with Crippen molar-refractivity contribution in [1.82, 2.24) is 0 Å². The minimum atomic E-state index is 0.648. The SMILES string of the molecule is C#Cc1cc(Cl)cc(C=C)c1. The minimum Gasteiger partial charge on any atom is -0.115 e. The lowest BCUT2D eigenvalue weighted by Gasteiger charge is -1.95. The van der Waals surface area contributed by atoms with Gasteiger partial charge in [0, 0.05) is 10.6 Å². The van der Waals surface area contributed by atoms with Gasteiger partial charge in [0.05, 0.1) is 0 Å². The van der Waals surface area contributed by atoms with Crippen molar-refractivity contribution in [2.24, 2.45) is 0 Å². The Balaban J connectivity index is 3.25. The summed E-state index contributed by atoms with van der Waals surface area (Å²) in [5.41, 5.74) is 1.73. The van der Waals surface area contributed by atoms with E-state index in [-0.39, 0.29) is 0 Å². The molecule has 0 nitrogen and oxygen atoms in total. The van der Waals surface area contributed by atoms with E-state index in [1.807, 2.05) is 12.1 Å². The van der Waals surface area contributed by atoms with Crippen LogP contribution in [0, 0.1) is 12.3 Å². The molecule has 0 aliphatic carbocycles. The van der Waals surface area contributed by atoms with Gasteiger partial charge in [-0.25, -0.2) is 0 Å².